The van der Waals surface area contributed by atoms with Gasteiger partial charge in [0.05, 0.1) is 13.2 Å². The van der Waals surface area contributed by atoms with Gasteiger partial charge in [0, 0.05) is 32.2 Å². The zero-order valence-electron chi connectivity index (χ0n) is 16.0. The van der Waals surface area contributed by atoms with Gasteiger partial charge in [-0.3, -0.25) is 14.5 Å². The van der Waals surface area contributed by atoms with Gasteiger partial charge in [-0.25, -0.2) is 0 Å². The molecule has 0 aromatic rings. The lowest BCUT2D eigenvalue weighted by atomic mass is 9.65. The second-order valence-electron chi connectivity index (χ2n) is 9.21. The van der Waals surface area contributed by atoms with Gasteiger partial charge in [-0.15, -0.1) is 0 Å². The molecule has 2 unspecified atom stereocenters. The first-order valence-electron chi connectivity index (χ1n) is 9.67. The smallest absolute Gasteiger partial charge is 0.312 e. The van der Waals surface area contributed by atoms with Crippen LogP contribution in [0.1, 0.15) is 46.5 Å². The van der Waals surface area contributed by atoms with Gasteiger partial charge in [-0.05, 0) is 43.1 Å². The molecule has 2 saturated heterocycles. The molecule has 2 aliphatic heterocycles. The maximum absolute atomic E-state index is 12.6. The first kappa shape index (κ1) is 18.6. The van der Waals surface area contributed by atoms with Crippen molar-refractivity contribution < 1.29 is 14.3 Å². The van der Waals surface area contributed by atoms with E-state index in [-0.39, 0.29) is 22.8 Å². The fourth-order valence-electron chi connectivity index (χ4n) is 5.23. The zero-order valence-corrected chi connectivity index (χ0v) is 16.0. The number of nitrogens with zero attached hydrogens (tertiary/aromatic N) is 2. The molecule has 6 nitrogen and oxygen atoms in total. The van der Waals surface area contributed by atoms with E-state index in [1.54, 1.807) is 0 Å². The van der Waals surface area contributed by atoms with Crippen molar-refractivity contribution in [2.75, 3.05) is 45.9 Å². The van der Waals surface area contributed by atoms with Gasteiger partial charge in [0.15, 0.2) is 0 Å². The van der Waals surface area contributed by atoms with E-state index >= 15 is 0 Å². The minimum absolute atomic E-state index is 0.165. The normalized spacial score (nSPS) is 31.8. The Morgan fingerprint density at radius 2 is 1.88 bits per heavy atom. The third kappa shape index (κ3) is 4.53. The topological polar surface area (TPSA) is 61.9 Å². The zero-order chi connectivity index (χ0) is 18.1. The summed E-state index contributed by atoms with van der Waals surface area (Å²) >= 11 is 0. The molecular weight excluding hydrogens is 318 g/mol. The van der Waals surface area contributed by atoms with E-state index in [1.807, 2.05) is 4.90 Å². The second kappa shape index (κ2) is 7.23. The summed E-state index contributed by atoms with van der Waals surface area (Å²) in [6, 6.07) is 0.223. The average molecular weight is 351 g/mol. The highest BCUT2D eigenvalue weighted by Crippen LogP contribution is 2.52. The molecule has 2 atom stereocenters. The summed E-state index contributed by atoms with van der Waals surface area (Å²) in [4.78, 5) is 29.1. The van der Waals surface area contributed by atoms with Crippen molar-refractivity contribution in [2.24, 2.45) is 10.8 Å². The second-order valence-corrected chi connectivity index (χ2v) is 9.21. The van der Waals surface area contributed by atoms with Crippen LogP contribution in [0.25, 0.3) is 0 Å². The van der Waals surface area contributed by atoms with Crippen LogP contribution >= 0.6 is 0 Å². The SMILES string of the molecule is CC1(C)CC2CC(C)(CN2C(=O)C(=O)NCCCN2CCOCC2)C1. The van der Waals surface area contributed by atoms with E-state index in [9.17, 15) is 9.59 Å². The van der Waals surface area contributed by atoms with Gasteiger partial charge in [-0.2, -0.15) is 0 Å². The molecule has 0 aromatic carbocycles. The van der Waals surface area contributed by atoms with E-state index in [0.29, 0.717) is 6.54 Å². The van der Waals surface area contributed by atoms with E-state index in [0.717, 1.165) is 65.1 Å². The Kier molecular flexibility index (Phi) is 5.40. The summed E-state index contributed by atoms with van der Waals surface area (Å²) in [5.74, 6) is -0.770. The number of hydrogen-bond donors (Lipinski definition) is 1. The molecule has 3 rings (SSSR count). The number of carbonyl (C=O) groups is 2. The van der Waals surface area contributed by atoms with E-state index in [4.69, 9.17) is 4.74 Å². The Hall–Kier alpha value is -1.14. The number of ether oxygens (including phenoxy) is 1. The highest BCUT2D eigenvalue weighted by atomic mass is 16.5. The molecule has 142 valence electrons. The Morgan fingerprint density at radius 1 is 1.16 bits per heavy atom. The number of fused-ring (bicyclic) bond motifs is 2. The molecule has 1 aliphatic carbocycles. The maximum atomic E-state index is 12.6. The summed E-state index contributed by atoms with van der Waals surface area (Å²) in [5.41, 5.74) is 0.417. The van der Waals surface area contributed by atoms with Crippen LogP contribution in [-0.2, 0) is 14.3 Å². The average Bonchev–Trinajstić information content (AvgIpc) is 2.80. The number of nitrogens with one attached hydrogen (secondary N) is 1. The summed E-state index contributed by atoms with van der Waals surface area (Å²) < 4.78 is 5.33. The largest absolute Gasteiger partial charge is 0.379 e. The molecular formula is C19H33N3O3. The quantitative estimate of drug-likeness (QED) is 0.612. The van der Waals surface area contributed by atoms with Crippen molar-refractivity contribution >= 4 is 11.8 Å². The standard InChI is InChI=1S/C19H33N3O3/c1-18(2)11-15-12-19(3,13-18)14-22(15)17(24)16(23)20-5-4-6-21-7-9-25-10-8-21/h15H,4-14H2,1-3H3,(H,20,23). The monoisotopic (exact) mass is 351 g/mol. The van der Waals surface area contributed by atoms with Crippen LogP contribution < -0.4 is 5.32 Å². The molecule has 6 heteroatoms. The Labute approximate surface area is 151 Å². The fourth-order valence-corrected chi connectivity index (χ4v) is 5.23. The molecule has 0 radical (unpaired) electrons. The summed E-state index contributed by atoms with van der Waals surface area (Å²) in [6.45, 7) is 12.5. The van der Waals surface area contributed by atoms with Crippen LogP contribution in [0.5, 0.6) is 0 Å². The van der Waals surface area contributed by atoms with Crippen LogP contribution in [0.15, 0.2) is 0 Å². The van der Waals surface area contributed by atoms with Gasteiger partial charge < -0.3 is 15.0 Å². The lowest BCUT2D eigenvalue weighted by molar-refractivity contribution is -0.146. The van der Waals surface area contributed by atoms with Crippen molar-refractivity contribution in [3.05, 3.63) is 0 Å². The number of hydrogen-bond acceptors (Lipinski definition) is 4. The molecule has 1 saturated carbocycles. The van der Waals surface area contributed by atoms with Gasteiger partial charge in [0.2, 0.25) is 0 Å². The van der Waals surface area contributed by atoms with Crippen molar-refractivity contribution in [1.82, 2.24) is 15.1 Å². The molecule has 25 heavy (non-hydrogen) atoms. The molecule has 3 aliphatic rings. The predicted molar refractivity (Wildman–Crippen MR) is 96.1 cm³/mol. The molecule has 1 N–H and O–H groups in total. The predicted octanol–water partition coefficient (Wildman–Crippen LogP) is 1.25. The van der Waals surface area contributed by atoms with Gasteiger partial charge in [-0.1, -0.05) is 20.8 Å². The number of morpholine rings is 1. The number of likely N-dealkylation sites (tertiary alicyclic amines) is 1. The molecule has 0 spiro atoms. The molecule has 0 aromatic heterocycles. The molecule has 2 heterocycles. The van der Waals surface area contributed by atoms with E-state index in [2.05, 4.69) is 31.0 Å². The highest BCUT2D eigenvalue weighted by Gasteiger charge is 2.51. The van der Waals surface area contributed by atoms with Crippen LogP contribution in [0, 0.1) is 10.8 Å². The van der Waals surface area contributed by atoms with Crippen LogP contribution in [0.4, 0.5) is 0 Å². The lowest BCUT2D eigenvalue weighted by Crippen LogP contribution is -2.46. The summed E-state index contributed by atoms with van der Waals surface area (Å²) in [6.07, 6.45) is 4.03. The minimum Gasteiger partial charge on any atom is -0.379 e. The van der Waals surface area contributed by atoms with Crippen LogP contribution in [-0.4, -0.2) is 73.6 Å². The molecule has 3 fully saturated rings. The van der Waals surface area contributed by atoms with Gasteiger partial charge in [0.1, 0.15) is 0 Å². The van der Waals surface area contributed by atoms with E-state index in [1.165, 1.54) is 0 Å². The van der Waals surface area contributed by atoms with Crippen molar-refractivity contribution in [2.45, 2.75) is 52.5 Å². The Bertz CT molecular complexity index is 516. The fraction of sp³-hybridized carbons (Fsp3) is 0.895. The third-order valence-electron chi connectivity index (χ3n) is 5.91. The van der Waals surface area contributed by atoms with Crippen molar-refractivity contribution in [1.29, 1.82) is 0 Å². The first-order chi connectivity index (χ1) is 11.8. The summed E-state index contributed by atoms with van der Waals surface area (Å²) in [7, 11) is 0. The Balaban J connectivity index is 1.44. The first-order valence-corrected chi connectivity index (χ1v) is 9.67. The number of carbonyl (C=O) groups excluding carboxylic acids is 2. The Morgan fingerprint density at radius 3 is 2.60 bits per heavy atom. The van der Waals surface area contributed by atoms with E-state index < -0.39 is 5.91 Å². The van der Waals surface area contributed by atoms with Gasteiger partial charge >= 0.3 is 11.8 Å². The number of rotatable bonds is 4. The lowest BCUT2D eigenvalue weighted by Gasteiger charge is -2.39. The minimum atomic E-state index is -0.434. The van der Waals surface area contributed by atoms with Crippen molar-refractivity contribution in [3.63, 3.8) is 0 Å². The van der Waals surface area contributed by atoms with Crippen LogP contribution in [0.2, 0.25) is 0 Å². The van der Waals surface area contributed by atoms with Crippen LogP contribution in [0.3, 0.4) is 0 Å². The maximum Gasteiger partial charge on any atom is 0.312 e. The third-order valence-corrected chi connectivity index (χ3v) is 5.91. The molecule has 2 bridgehead atoms. The summed E-state index contributed by atoms with van der Waals surface area (Å²) in [5, 5.41) is 2.82. The van der Waals surface area contributed by atoms with Crippen molar-refractivity contribution in [3.8, 4) is 0 Å². The van der Waals surface area contributed by atoms with Gasteiger partial charge in [0.25, 0.3) is 0 Å². The molecule has 2 amide bonds. The number of amides is 2. The highest BCUT2D eigenvalue weighted by molar-refractivity contribution is 6.35.